The predicted molar refractivity (Wildman–Crippen MR) is 312 cm³/mol. The molecule has 0 aliphatic heterocycles. The van der Waals surface area contributed by atoms with Gasteiger partial charge in [-0.05, 0) is 83.5 Å². The van der Waals surface area contributed by atoms with Gasteiger partial charge in [-0.1, -0.05) is 281 Å². The third-order valence-corrected chi connectivity index (χ3v) is 13.8. The zero-order chi connectivity index (χ0) is 52.2. The Morgan fingerprint density at radius 2 is 0.542 bits per heavy atom. The van der Waals surface area contributed by atoms with Gasteiger partial charge in [-0.15, -0.1) is 0 Å². The molecule has 0 aliphatic rings. The van der Waals surface area contributed by atoms with Gasteiger partial charge in [0, 0.05) is 19.3 Å². The molecule has 72 heavy (non-hydrogen) atoms. The molecule has 0 saturated carbocycles. The number of hydrogen-bond acceptors (Lipinski definition) is 6. The van der Waals surface area contributed by atoms with Gasteiger partial charge in [0.1, 0.15) is 13.2 Å². The van der Waals surface area contributed by atoms with E-state index < -0.39 is 6.10 Å². The molecule has 0 aromatic heterocycles. The summed E-state index contributed by atoms with van der Waals surface area (Å²) < 4.78 is 16.9. The maximum Gasteiger partial charge on any atom is 0.306 e. The number of allylic oxidation sites excluding steroid dienone is 10. The van der Waals surface area contributed by atoms with Crippen molar-refractivity contribution in [2.75, 3.05) is 13.2 Å². The SMILES string of the molecule is CC/C=C\C/C=C\C/C=C\C/C=C\CCCCCCCCCCCCCCCCCCC(=O)OCC(COC(=O)CCCCCCCCCCCCC)OC(=O)CCCCCCC/C=C\CCCCCCC. The van der Waals surface area contributed by atoms with Crippen LogP contribution in [0.3, 0.4) is 0 Å². The van der Waals surface area contributed by atoms with Crippen molar-refractivity contribution in [2.45, 2.75) is 329 Å². The van der Waals surface area contributed by atoms with Gasteiger partial charge in [0.25, 0.3) is 0 Å². The Hall–Kier alpha value is -2.89. The number of unbranched alkanes of at least 4 members (excludes halogenated alkanes) is 36. The molecule has 0 N–H and O–H groups in total. The first-order valence-electron chi connectivity index (χ1n) is 31.3. The van der Waals surface area contributed by atoms with Crippen molar-refractivity contribution in [2.24, 2.45) is 0 Å². The van der Waals surface area contributed by atoms with Crippen LogP contribution in [-0.4, -0.2) is 37.2 Å². The highest BCUT2D eigenvalue weighted by molar-refractivity contribution is 5.71. The Morgan fingerprint density at radius 1 is 0.292 bits per heavy atom. The van der Waals surface area contributed by atoms with Crippen LogP contribution >= 0.6 is 0 Å². The number of ether oxygens (including phenoxy) is 3. The van der Waals surface area contributed by atoms with Crippen molar-refractivity contribution < 1.29 is 28.6 Å². The van der Waals surface area contributed by atoms with Gasteiger partial charge in [-0.3, -0.25) is 14.4 Å². The third-order valence-electron chi connectivity index (χ3n) is 13.8. The zero-order valence-electron chi connectivity index (χ0n) is 47.9. The second-order valence-electron chi connectivity index (χ2n) is 20.9. The van der Waals surface area contributed by atoms with E-state index in [0.717, 1.165) is 89.9 Å². The summed E-state index contributed by atoms with van der Waals surface area (Å²) in [6.07, 6.45) is 76.6. The van der Waals surface area contributed by atoms with Crippen molar-refractivity contribution in [3.05, 3.63) is 60.8 Å². The normalized spacial score (nSPS) is 12.4. The summed E-state index contributed by atoms with van der Waals surface area (Å²) >= 11 is 0. The van der Waals surface area contributed by atoms with E-state index in [0.29, 0.717) is 19.3 Å². The van der Waals surface area contributed by atoms with Gasteiger partial charge in [-0.25, -0.2) is 0 Å². The van der Waals surface area contributed by atoms with Crippen molar-refractivity contribution in [3.63, 3.8) is 0 Å². The summed E-state index contributed by atoms with van der Waals surface area (Å²) in [5.74, 6) is -0.866. The lowest BCUT2D eigenvalue weighted by Crippen LogP contribution is -2.30. The minimum atomic E-state index is -0.774. The molecular formula is C66H118O6. The van der Waals surface area contributed by atoms with E-state index in [9.17, 15) is 14.4 Å². The molecular weight excluding hydrogens is 889 g/mol. The molecule has 0 bridgehead atoms. The van der Waals surface area contributed by atoms with Gasteiger partial charge in [0.2, 0.25) is 0 Å². The van der Waals surface area contributed by atoms with Gasteiger partial charge < -0.3 is 14.2 Å². The molecule has 0 heterocycles. The highest BCUT2D eigenvalue weighted by Crippen LogP contribution is 2.17. The maximum atomic E-state index is 12.8. The van der Waals surface area contributed by atoms with Crippen molar-refractivity contribution >= 4 is 17.9 Å². The van der Waals surface area contributed by atoms with Crippen LogP contribution in [0.4, 0.5) is 0 Å². The lowest BCUT2D eigenvalue weighted by Gasteiger charge is -2.18. The molecule has 0 aromatic rings. The highest BCUT2D eigenvalue weighted by Gasteiger charge is 2.19. The monoisotopic (exact) mass is 1010 g/mol. The molecule has 1 unspecified atom stereocenters. The first-order chi connectivity index (χ1) is 35.5. The molecule has 0 saturated heterocycles. The second-order valence-corrected chi connectivity index (χ2v) is 20.9. The van der Waals surface area contributed by atoms with E-state index in [2.05, 4.69) is 81.5 Å². The highest BCUT2D eigenvalue weighted by atomic mass is 16.6. The third kappa shape index (κ3) is 58.0. The van der Waals surface area contributed by atoms with E-state index in [1.807, 2.05) is 0 Å². The summed E-state index contributed by atoms with van der Waals surface area (Å²) in [4.78, 5) is 38.1. The Bertz CT molecular complexity index is 1290. The fraction of sp³-hybridized carbons (Fsp3) is 0.803. The summed E-state index contributed by atoms with van der Waals surface area (Å²) in [6, 6.07) is 0. The average molecular weight is 1010 g/mol. The second kappa shape index (κ2) is 60.7. The van der Waals surface area contributed by atoms with Crippen LogP contribution in [0.2, 0.25) is 0 Å². The lowest BCUT2D eigenvalue weighted by molar-refractivity contribution is -0.167. The first kappa shape index (κ1) is 69.1. The molecule has 0 aromatic carbocycles. The Morgan fingerprint density at radius 3 is 0.861 bits per heavy atom. The molecule has 0 spiro atoms. The summed E-state index contributed by atoms with van der Waals surface area (Å²) in [5, 5.41) is 0. The van der Waals surface area contributed by atoms with Crippen LogP contribution in [0.25, 0.3) is 0 Å². The predicted octanol–water partition coefficient (Wildman–Crippen LogP) is 21.2. The van der Waals surface area contributed by atoms with E-state index in [4.69, 9.17) is 14.2 Å². The smallest absolute Gasteiger partial charge is 0.306 e. The number of hydrogen-bond donors (Lipinski definition) is 0. The fourth-order valence-electron chi connectivity index (χ4n) is 9.08. The molecule has 0 fully saturated rings. The number of carbonyl (C=O) groups is 3. The summed E-state index contributed by atoms with van der Waals surface area (Å²) in [5.41, 5.74) is 0. The van der Waals surface area contributed by atoms with Gasteiger partial charge >= 0.3 is 17.9 Å². The largest absolute Gasteiger partial charge is 0.462 e. The fourth-order valence-corrected chi connectivity index (χ4v) is 9.08. The molecule has 6 heteroatoms. The summed E-state index contributed by atoms with van der Waals surface area (Å²) in [6.45, 7) is 6.54. The van der Waals surface area contributed by atoms with Crippen molar-refractivity contribution in [1.29, 1.82) is 0 Å². The molecule has 0 amide bonds. The van der Waals surface area contributed by atoms with Crippen LogP contribution < -0.4 is 0 Å². The summed E-state index contributed by atoms with van der Waals surface area (Å²) in [7, 11) is 0. The molecule has 418 valence electrons. The van der Waals surface area contributed by atoms with Crippen LogP contribution in [0.5, 0.6) is 0 Å². The topological polar surface area (TPSA) is 78.9 Å². The van der Waals surface area contributed by atoms with Gasteiger partial charge in [-0.2, -0.15) is 0 Å². The zero-order valence-corrected chi connectivity index (χ0v) is 47.9. The van der Waals surface area contributed by atoms with E-state index in [1.54, 1.807) is 0 Å². The van der Waals surface area contributed by atoms with Crippen LogP contribution in [0, 0.1) is 0 Å². The molecule has 1 atom stereocenters. The van der Waals surface area contributed by atoms with Crippen molar-refractivity contribution in [1.82, 2.24) is 0 Å². The van der Waals surface area contributed by atoms with Crippen LogP contribution in [-0.2, 0) is 28.6 Å². The van der Waals surface area contributed by atoms with E-state index >= 15 is 0 Å². The quantitative estimate of drug-likeness (QED) is 0.0261. The van der Waals surface area contributed by atoms with Gasteiger partial charge in [0.05, 0.1) is 0 Å². The van der Waals surface area contributed by atoms with Crippen LogP contribution in [0.15, 0.2) is 60.8 Å². The Kier molecular flexibility index (Phi) is 58.2. The minimum absolute atomic E-state index is 0.0727. The van der Waals surface area contributed by atoms with Crippen molar-refractivity contribution in [3.8, 4) is 0 Å². The number of rotatable bonds is 57. The average Bonchev–Trinajstić information content (AvgIpc) is 3.38. The molecule has 0 rings (SSSR count). The molecule has 0 radical (unpaired) electrons. The Labute approximate surface area is 447 Å². The maximum absolute atomic E-state index is 12.8. The molecule has 0 aliphatic carbocycles. The lowest BCUT2D eigenvalue weighted by atomic mass is 10.0. The number of carbonyl (C=O) groups excluding carboxylic acids is 3. The van der Waals surface area contributed by atoms with E-state index in [-0.39, 0.29) is 31.1 Å². The van der Waals surface area contributed by atoms with Gasteiger partial charge in [0.15, 0.2) is 6.10 Å². The minimum Gasteiger partial charge on any atom is -0.462 e. The molecule has 6 nitrogen and oxygen atoms in total. The standard InChI is InChI=1S/C66H118O6/c1-4-7-10-13-16-19-22-24-26-27-28-29-30-31-32-33-34-35-36-37-38-39-40-42-44-47-50-53-56-59-65(68)71-62-63(61-70-64(67)58-55-52-49-46-43-21-18-15-12-9-6-3)72-66(69)60-57-54-51-48-45-41-25-23-20-17-14-11-8-5-2/h7,10,16,19,23-26,28-29,63H,4-6,8-9,11-15,17-18,20-22,27,30-62H2,1-3H3/b10-7-,19-16-,25-23-,26-24-,29-28-. The number of esters is 3. The van der Waals surface area contributed by atoms with E-state index in [1.165, 1.54) is 193 Å². The van der Waals surface area contributed by atoms with Crippen LogP contribution in [0.1, 0.15) is 323 Å². The Balaban J connectivity index is 4.14. The first-order valence-corrected chi connectivity index (χ1v) is 31.3.